The first-order chi connectivity index (χ1) is 17.9. The Morgan fingerprint density at radius 2 is 1.18 bits per heavy atom. The molecule has 38 heavy (non-hydrogen) atoms. The van der Waals surface area contributed by atoms with Gasteiger partial charge in [-0.2, -0.15) is 16.8 Å². The molecule has 0 aromatic heterocycles. The van der Waals surface area contributed by atoms with E-state index in [0.29, 0.717) is 32.3 Å². The second-order valence-electron chi connectivity index (χ2n) is 8.35. The third kappa shape index (κ3) is 7.41. The molecule has 0 bridgehead atoms. The van der Waals surface area contributed by atoms with Crippen molar-refractivity contribution in [3.63, 3.8) is 0 Å². The molecule has 0 fully saturated rings. The van der Waals surface area contributed by atoms with E-state index in [1.54, 1.807) is 36.4 Å². The van der Waals surface area contributed by atoms with Crippen molar-refractivity contribution in [1.29, 1.82) is 0 Å². The first-order valence-corrected chi connectivity index (χ1v) is 15.5. The Morgan fingerprint density at radius 3 is 1.76 bits per heavy atom. The van der Waals surface area contributed by atoms with Crippen molar-refractivity contribution in [1.82, 2.24) is 0 Å². The summed E-state index contributed by atoms with van der Waals surface area (Å²) in [5, 5.41) is 0.722. The van der Waals surface area contributed by atoms with E-state index in [-0.39, 0.29) is 23.9 Å². The summed E-state index contributed by atoms with van der Waals surface area (Å²) in [6, 6.07) is 24.0. The minimum atomic E-state index is -3.84. The lowest BCUT2D eigenvalue weighted by Gasteiger charge is -2.15. The Labute approximate surface area is 231 Å². The van der Waals surface area contributed by atoms with Crippen LogP contribution in [0.4, 0.5) is 0 Å². The Hall–Kier alpha value is -3.24. The lowest BCUT2D eigenvalue weighted by Crippen LogP contribution is -2.07. The van der Waals surface area contributed by atoms with Crippen molar-refractivity contribution in [3.05, 3.63) is 101 Å². The number of hydrogen-bond donors (Lipinski definition) is 0. The monoisotopic (exact) mass is 592 g/mol. The van der Waals surface area contributed by atoms with Crippen molar-refractivity contribution in [2.45, 2.75) is 6.61 Å². The fraction of sp³-hybridized carbons (Fsp3) is 0.111. The molecular formula is C27H22Cl2O7S2. The quantitative estimate of drug-likeness (QED) is 0.202. The van der Waals surface area contributed by atoms with Gasteiger partial charge < -0.3 is 13.1 Å². The third-order valence-electron chi connectivity index (χ3n) is 5.20. The second-order valence-corrected chi connectivity index (χ2v) is 12.3. The van der Waals surface area contributed by atoms with E-state index in [4.69, 9.17) is 36.3 Å². The van der Waals surface area contributed by atoms with Crippen LogP contribution in [0.1, 0.15) is 5.56 Å². The van der Waals surface area contributed by atoms with E-state index < -0.39 is 20.2 Å². The molecule has 0 spiro atoms. The normalized spacial score (nSPS) is 11.7. The summed E-state index contributed by atoms with van der Waals surface area (Å²) >= 11 is 13.2. The second kappa shape index (κ2) is 11.2. The Morgan fingerprint density at radius 1 is 0.632 bits per heavy atom. The molecule has 4 aromatic rings. The van der Waals surface area contributed by atoms with Crippen LogP contribution in [0.5, 0.6) is 17.2 Å². The summed E-state index contributed by atoms with van der Waals surface area (Å²) < 4.78 is 62.5. The van der Waals surface area contributed by atoms with Crippen molar-refractivity contribution < 1.29 is 29.9 Å². The van der Waals surface area contributed by atoms with Gasteiger partial charge in [0.1, 0.15) is 12.4 Å². The van der Waals surface area contributed by atoms with Crippen molar-refractivity contribution in [2.24, 2.45) is 0 Å². The summed E-state index contributed by atoms with van der Waals surface area (Å²) in [7, 11) is -7.49. The summed E-state index contributed by atoms with van der Waals surface area (Å²) in [6.45, 7) is 0.218. The molecule has 0 aliphatic carbocycles. The Balaban J connectivity index is 1.66. The van der Waals surface area contributed by atoms with Crippen LogP contribution in [-0.2, 0) is 26.8 Å². The lowest BCUT2D eigenvalue weighted by molar-refractivity contribution is 0.296. The number of halogens is 2. The smallest absolute Gasteiger partial charge is 0.306 e. The van der Waals surface area contributed by atoms with E-state index in [0.717, 1.165) is 18.1 Å². The fourth-order valence-electron chi connectivity index (χ4n) is 3.61. The summed E-state index contributed by atoms with van der Waals surface area (Å²) in [6.07, 6.45) is 1.91. The standard InChI is InChI=1S/C27H22Cl2O7S2/c1-37(30,31)35-21-11-8-19(9-12-21)22-15-25(29)23(16-24(22)28)20-10-13-26(27(14-20)36-38(2,32)33)34-17-18-6-4-3-5-7-18/h3-16H,17H2,1-2H3. The molecule has 0 aliphatic heterocycles. The van der Waals surface area contributed by atoms with E-state index in [1.165, 1.54) is 18.2 Å². The molecule has 0 aliphatic rings. The van der Waals surface area contributed by atoms with Gasteiger partial charge in [-0.05, 0) is 53.1 Å². The van der Waals surface area contributed by atoms with Crippen LogP contribution in [-0.4, -0.2) is 29.3 Å². The third-order valence-corrected chi connectivity index (χ3v) is 6.81. The van der Waals surface area contributed by atoms with Gasteiger partial charge in [-0.25, -0.2) is 0 Å². The van der Waals surface area contributed by atoms with Crippen molar-refractivity contribution >= 4 is 43.4 Å². The number of ether oxygens (including phenoxy) is 1. The molecule has 4 rings (SSSR count). The van der Waals surface area contributed by atoms with E-state index in [9.17, 15) is 16.8 Å². The summed E-state index contributed by atoms with van der Waals surface area (Å²) in [5.74, 6) is 0.431. The van der Waals surface area contributed by atoms with Gasteiger partial charge in [0, 0.05) is 21.2 Å². The summed E-state index contributed by atoms with van der Waals surface area (Å²) in [4.78, 5) is 0. The van der Waals surface area contributed by atoms with Crippen LogP contribution < -0.4 is 13.1 Å². The van der Waals surface area contributed by atoms with Crippen molar-refractivity contribution in [2.75, 3.05) is 12.5 Å². The molecule has 0 atom stereocenters. The summed E-state index contributed by atoms with van der Waals surface area (Å²) in [5.41, 5.74) is 3.32. The van der Waals surface area contributed by atoms with Gasteiger partial charge in [0.15, 0.2) is 11.5 Å². The Kier molecular flexibility index (Phi) is 8.22. The predicted molar refractivity (Wildman–Crippen MR) is 149 cm³/mol. The molecule has 0 unspecified atom stereocenters. The average molecular weight is 594 g/mol. The maximum absolute atomic E-state index is 11.9. The van der Waals surface area contributed by atoms with Gasteiger partial charge in [-0.15, -0.1) is 0 Å². The molecule has 0 heterocycles. The highest BCUT2D eigenvalue weighted by Gasteiger charge is 2.17. The molecule has 4 aromatic carbocycles. The van der Waals surface area contributed by atoms with Crippen LogP contribution >= 0.6 is 23.2 Å². The largest absolute Gasteiger partial charge is 0.485 e. The van der Waals surface area contributed by atoms with E-state index in [2.05, 4.69) is 0 Å². The highest BCUT2D eigenvalue weighted by atomic mass is 35.5. The van der Waals surface area contributed by atoms with Crippen LogP contribution in [0.25, 0.3) is 22.3 Å². The Bertz CT molecular complexity index is 1670. The molecule has 0 saturated carbocycles. The highest BCUT2D eigenvalue weighted by Crippen LogP contribution is 2.41. The highest BCUT2D eigenvalue weighted by molar-refractivity contribution is 7.86. The van der Waals surface area contributed by atoms with Gasteiger partial charge in [-0.3, -0.25) is 0 Å². The molecule has 0 saturated heterocycles. The molecule has 0 radical (unpaired) electrons. The number of hydrogen-bond acceptors (Lipinski definition) is 7. The van der Waals surface area contributed by atoms with Gasteiger partial charge in [0.25, 0.3) is 0 Å². The lowest BCUT2D eigenvalue weighted by atomic mass is 9.99. The minimum absolute atomic E-state index is 0.0127. The zero-order valence-corrected chi connectivity index (χ0v) is 23.4. The van der Waals surface area contributed by atoms with Crippen LogP contribution in [0.15, 0.2) is 84.9 Å². The van der Waals surface area contributed by atoms with Crippen LogP contribution in [0.3, 0.4) is 0 Å². The molecule has 198 valence electrons. The molecule has 0 N–H and O–H groups in total. The fourth-order valence-corrected chi connectivity index (χ4v) is 5.08. The first kappa shape index (κ1) is 27.8. The van der Waals surface area contributed by atoms with Crippen LogP contribution in [0, 0.1) is 0 Å². The van der Waals surface area contributed by atoms with Gasteiger partial charge >= 0.3 is 20.2 Å². The first-order valence-electron chi connectivity index (χ1n) is 11.1. The van der Waals surface area contributed by atoms with Gasteiger partial charge in [0.2, 0.25) is 0 Å². The molecule has 11 heteroatoms. The van der Waals surface area contributed by atoms with Crippen molar-refractivity contribution in [3.8, 4) is 39.5 Å². The van der Waals surface area contributed by atoms with Gasteiger partial charge in [-0.1, -0.05) is 71.7 Å². The molecular weight excluding hydrogens is 571 g/mol. The topological polar surface area (TPSA) is 96.0 Å². The average Bonchev–Trinajstić information content (AvgIpc) is 2.84. The zero-order valence-electron chi connectivity index (χ0n) is 20.2. The molecule has 7 nitrogen and oxygen atoms in total. The van der Waals surface area contributed by atoms with Crippen LogP contribution in [0.2, 0.25) is 10.0 Å². The maximum Gasteiger partial charge on any atom is 0.306 e. The molecule has 0 amide bonds. The minimum Gasteiger partial charge on any atom is -0.485 e. The number of rotatable bonds is 9. The van der Waals surface area contributed by atoms with E-state index in [1.807, 2.05) is 30.3 Å². The maximum atomic E-state index is 11.9. The van der Waals surface area contributed by atoms with Gasteiger partial charge in [0.05, 0.1) is 12.5 Å². The SMILES string of the molecule is CS(=O)(=O)Oc1ccc(-c2cc(Cl)c(-c3ccc(OCc4ccccc4)c(OS(C)(=O)=O)c3)cc2Cl)cc1. The number of benzene rings is 4. The zero-order chi connectivity index (χ0) is 27.5. The predicted octanol–water partition coefficient (Wildman–Crippen LogP) is 6.58. The van der Waals surface area contributed by atoms with E-state index >= 15 is 0 Å².